The number of ether oxygens (including phenoxy) is 1. The summed E-state index contributed by atoms with van der Waals surface area (Å²) in [6.07, 6.45) is 0.0689. The Kier molecular flexibility index (Phi) is 1.39. The minimum Gasteiger partial charge on any atom is -0.387 e. The lowest BCUT2D eigenvalue weighted by Gasteiger charge is -2.17. The summed E-state index contributed by atoms with van der Waals surface area (Å²) in [6.45, 7) is 0. The molecule has 0 aromatic heterocycles. The first-order chi connectivity index (χ1) is 4.70. The monoisotopic (exact) mass is 206 g/mol. The second kappa shape index (κ2) is 2.04. The fourth-order valence-electron chi connectivity index (χ4n) is 1.14. The summed E-state index contributed by atoms with van der Waals surface area (Å²) in [5.74, 6) is 0. The van der Waals surface area contributed by atoms with Gasteiger partial charge in [0.2, 0.25) is 0 Å². The van der Waals surface area contributed by atoms with Gasteiger partial charge in [-0.3, -0.25) is 0 Å². The van der Waals surface area contributed by atoms with Crippen molar-refractivity contribution in [3.63, 3.8) is 0 Å². The summed E-state index contributed by atoms with van der Waals surface area (Å²) in [6, 6.07) is 0. The molecule has 2 N–H and O–H groups in total. The third-order valence-electron chi connectivity index (χ3n) is 1.83. The molecule has 56 valence electrons. The van der Waals surface area contributed by atoms with E-state index in [4.69, 9.17) is 4.74 Å². The van der Waals surface area contributed by atoms with Crippen LogP contribution in [0, 0.1) is 0 Å². The van der Waals surface area contributed by atoms with Gasteiger partial charge in [-0.25, -0.2) is 0 Å². The molecule has 0 spiro atoms. The van der Waals surface area contributed by atoms with Crippen molar-refractivity contribution >= 4 is 15.9 Å². The summed E-state index contributed by atoms with van der Waals surface area (Å²) in [5, 5.41) is 18.4. The predicted octanol–water partition coefficient (Wildman–Crippen LogP) is -0.232. The molecule has 0 aromatic rings. The maximum absolute atomic E-state index is 9.21. The van der Waals surface area contributed by atoms with Crippen LogP contribution in [0.2, 0.25) is 0 Å². The molecule has 4 atom stereocenters. The van der Waals surface area contributed by atoms with Crippen LogP contribution in [0.15, 0.2) is 10.6 Å². The molecule has 1 aliphatic carbocycles. The second-order valence-corrected chi connectivity index (χ2v) is 3.47. The number of aliphatic hydroxyl groups is 2. The standard InChI is InChI=1S/C6H7BrO3/c7-2-1-3-6(10-3)5(9)4(2)8/h1,3-6,8-9H/t3-,4+,5+,6-/m0/s1. The molecule has 2 aliphatic rings. The molecule has 0 aromatic carbocycles. The van der Waals surface area contributed by atoms with Crippen LogP contribution in [0.5, 0.6) is 0 Å². The summed E-state index contributed by atoms with van der Waals surface area (Å²) < 4.78 is 5.64. The minimum atomic E-state index is -0.802. The summed E-state index contributed by atoms with van der Waals surface area (Å²) in [4.78, 5) is 0. The van der Waals surface area contributed by atoms with Gasteiger partial charge in [-0.1, -0.05) is 15.9 Å². The van der Waals surface area contributed by atoms with E-state index in [2.05, 4.69) is 15.9 Å². The fourth-order valence-corrected chi connectivity index (χ4v) is 1.67. The van der Waals surface area contributed by atoms with E-state index in [1.54, 1.807) is 6.08 Å². The average Bonchev–Trinajstić information content (AvgIpc) is 2.62. The maximum atomic E-state index is 9.21. The number of rotatable bonds is 0. The van der Waals surface area contributed by atoms with Gasteiger partial charge in [0.05, 0.1) is 0 Å². The lowest BCUT2D eigenvalue weighted by Crippen LogP contribution is -2.34. The van der Waals surface area contributed by atoms with Gasteiger partial charge in [-0.2, -0.15) is 0 Å². The predicted molar refractivity (Wildman–Crippen MR) is 37.7 cm³/mol. The SMILES string of the molecule is O[C@H]1[C@H]2O[C@H]2C=C(Br)[C@H]1O. The number of aliphatic hydroxyl groups excluding tert-OH is 2. The third-order valence-corrected chi connectivity index (χ3v) is 2.56. The lowest BCUT2D eigenvalue weighted by atomic mass is 10.0. The third kappa shape index (κ3) is 0.836. The Morgan fingerprint density at radius 3 is 2.90 bits per heavy atom. The molecule has 1 heterocycles. The molecule has 10 heavy (non-hydrogen) atoms. The van der Waals surface area contributed by atoms with Gasteiger partial charge in [0.15, 0.2) is 0 Å². The molecule has 2 rings (SSSR count). The van der Waals surface area contributed by atoms with Gasteiger partial charge in [0.25, 0.3) is 0 Å². The van der Waals surface area contributed by atoms with Crippen LogP contribution in [0.25, 0.3) is 0 Å². The topological polar surface area (TPSA) is 53.0 Å². The van der Waals surface area contributed by atoms with Gasteiger partial charge in [0.1, 0.15) is 24.4 Å². The molecular formula is C6H7BrO3. The molecule has 0 amide bonds. The molecule has 0 saturated carbocycles. The van der Waals surface area contributed by atoms with Crippen molar-refractivity contribution in [3.8, 4) is 0 Å². The van der Waals surface area contributed by atoms with Crippen LogP contribution in [0.4, 0.5) is 0 Å². The first-order valence-corrected chi connectivity index (χ1v) is 3.88. The number of epoxide rings is 1. The largest absolute Gasteiger partial charge is 0.387 e. The zero-order valence-electron chi connectivity index (χ0n) is 5.07. The normalized spacial score (nSPS) is 51.7. The average molecular weight is 207 g/mol. The molecule has 0 unspecified atom stereocenters. The van der Waals surface area contributed by atoms with E-state index in [1.165, 1.54) is 0 Å². The Balaban J connectivity index is 2.23. The van der Waals surface area contributed by atoms with Gasteiger partial charge in [0, 0.05) is 4.48 Å². The Labute approximate surface area is 66.4 Å². The zero-order valence-corrected chi connectivity index (χ0v) is 6.65. The van der Waals surface area contributed by atoms with Crippen molar-refractivity contribution in [1.29, 1.82) is 0 Å². The Morgan fingerprint density at radius 1 is 1.50 bits per heavy atom. The van der Waals surface area contributed by atoms with Gasteiger partial charge in [-0.15, -0.1) is 0 Å². The van der Waals surface area contributed by atoms with E-state index in [1.807, 2.05) is 0 Å². The highest BCUT2D eigenvalue weighted by atomic mass is 79.9. The van der Waals surface area contributed by atoms with Gasteiger partial charge >= 0.3 is 0 Å². The molecular weight excluding hydrogens is 200 g/mol. The maximum Gasteiger partial charge on any atom is 0.117 e. The highest BCUT2D eigenvalue weighted by Crippen LogP contribution is 2.37. The highest BCUT2D eigenvalue weighted by Gasteiger charge is 2.49. The van der Waals surface area contributed by atoms with Crippen LogP contribution < -0.4 is 0 Å². The number of fused-ring (bicyclic) bond motifs is 1. The van der Waals surface area contributed by atoms with Crippen LogP contribution >= 0.6 is 15.9 Å². The summed E-state index contributed by atoms with van der Waals surface area (Å²) in [5.41, 5.74) is 0. The Hall–Kier alpha value is 0.1000. The summed E-state index contributed by atoms with van der Waals surface area (Å²) in [7, 11) is 0. The van der Waals surface area contributed by atoms with Crippen molar-refractivity contribution < 1.29 is 14.9 Å². The number of halogens is 1. The van der Waals surface area contributed by atoms with Crippen LogP contribution in [-0.4, -0.2) is 34.6 Å². The first-order valence-electron chi connectivity index (χ1n) is 3.09. The van der Waals surface area contributed by atoms with E-state index in [0.717, 1.165) is 0 Å². The molecule has 4 heteroatoms. The van der Waals surface area contributed by atoms with E-state index in [0.29, 0.717) is 4.48 Å². The molecule has 1 fully saturated rings. The van der Waals surface area contributed by atoms with Crippen molar-refractivity contribution in [2.45, 2.75) is 24.4 Å². The van der Waals surface area contributed by atoms with Crippen molar-refractivity contribution in [2.24, 2.45) is 0 Å². The van der Waals surface area contributed by atoms with Crippen LogP contribution in [0.1, 0.15) is 0 Å². The first kappa shape index (κ1) is 6.79. The quantitative estimate of drug-likeness (QED) is 0.539. The van der Waals surface area contributed by atoms with E-state index >= 15 is 0 Å². The fraction of sp³-hybridized carbons (Fsp3) is 0.667. The molecule has 1 aliphatic heterocycles. The smallest absolute Gasteiger partial charge is 0.117 e. The Bertz CT molecular complexity index is 191. The summed E-state index contributed by atoms with van der Waals surface area (Å²) >= 11 is 3.13. The highest BCUT2D eigenvalue weighted by molar-refractivity contribution is 9.11. The van der Waals surface area contributed by atoms with Gasteiger partial charge < -0.3 is 14.9 Å². The second-order valence-electron chi connectivity index (χ2n) is 2.55. The van der Waals surface area contributed by atoms with Crippen molar-refractivity contribution in [2.75, 3.05) is 0 Å². The number of hydrogen-bond acceptors (Lipinski definition) is 3. The van der Waals surface area contributed by atoms with Crippen LogP contribution in [0.3, 0.4) is 0 Å². The van der Waals surface area contributed by atoms with E-state index in [9.17, 15) is 10.2 Å². The molecule has 0 radical (unpaired) electrons. The van der Waals surface area contributed by atoms with Crippen molar-refractivity contribution in [3.05, 3.63) is 10.6 Å². The lowest BCUT2D eigenvalue weighted by molar-refractivity contribution is 0.0272. The van der Waals surface area contributed by atoms with Crippen molar-refractivity contribution in [1.82, 2.24) is 0 Å². The van der Waals surface area contributed by atoms with Crippen LogP contribution in [-0.2, 0) is 4.74 Å². The Morgan fingerprint density at radius 2 is 2.20 bits per heavy atom. The molecule has 3 nitrogen and oxygen atoms in total. The number of hydrogen-bond donors (Lipinski definition) is 2. The molecule has 1 saturated heterocycles. The zero-order chi connectivity index (χ0) is 7.30. The van der Waals surface area contributed by atoms with E-state index < -0.39 is 12.2 Å². The molecule has 0 bridgehead atoms. The van der Waals surface area contributed by atoms with E-state index in [-0.39, 0.29) is 12.2 Å². The van der Waals surface area contributed by atoms with Gasteiger partial charge in [-0.05, 0) is 6.08 Å². The minimum absolute atomic E-state index is 0.0211.